The van der Waals surface area contributed by atoms with Gasteiger partial charge >= 0.3 is 5.97 Å². The van der Waals surface area contributed by atoms with Crippen LogP contribution in [0.3, 0.4) is 0 Å². The summed E-state index contributed by atoms with van der Waals surface area (Å²) in [6.07, 6.45) is 0. The van der Waals surface area contributed by atoms with E-state index >= 15 is 0 Å². The molecule has 20 heavy (non-hydrogen) atoms. The molecule has 1 aromatic carbocycles. The molecule has 0 heterocycles. The van der Waals surface area contributed by atoms with Crippen molar-refractivity contribution in [1.29, 1.82) is 0 Å². The van der Waals surface area contributed by atoms with Crippen LogP contribution in [-0.4, -0.2) is 38.6 Å². The molecule has 0 saturated heterocycles. The minimum absolute atomic E-state index is 0.0299. The second kappa shape index (κ2) is 7.75. The highest BCUT2D eigenvalue weighted by Gasteiger charge is 2.21. The Morgan fingerprint density at radius 2 is 1.95 bits per heavy atom. The molecule has 0 aromatic heterocycles. The van der Waals surface area contributed by atoms with Gasteiger partial charge < -0.3 is 4.74 Å². The van der Waals surface area contributed by atoms with Crippen LogP contribution < -0.4 is 4.72 Å². The first-order chi connectivity index (χ1) is 9.35. The first-order valence-electron chi connectivity index (χ1n) is 6.10. The van der Waals surface area contributed by atoms with Gasteiger partial charge in [-0.3, -0.25) is 4.79 Å². The summed E-state index contributed by atoms with van der Waals surface area (Å²) >= 11 is 3.07. The van der Waals surface area contributed by atoms with Crippen molar-refractivity contribution in [3.05, 3.63) is 35.9 Å². The maximum absolute atomic E-state index is 11.9. The van der Waals surface area contributed by atoms with Gasteiger partial charge in [-0.2, -0.15) is 0 Å². The summed E-state index contributed by atoms with van der Waals surface area (Å²) in [5.74, 6) is -0.665. The summed E-state index contributed by atoms with van der Waals surface area (Å²) in [7, 11) is -2.20. The predicted octanol–water partition coefficient (Wildman–Crippen LogP) is 1.65. The second-order valence-electron chi connectivity index (χ2n) is 4.43. The van der Waals surface area contributed by atoms with E-state index in [1.807, 2.05) is 37.3 Å². The molecule has 0 amide bonds. The fourth-order valence-corrected chi connectivity index (χ4v) is 3.63. The van der Waals surface area contributed by atoms with Crippen LogP contribution in [-0.2, 0) is 19.6 Å². The summed E-state index contributed by atoms with van der Waals surface area (Å²) in [5.41, 5.74) is 0.959. The Labute approximate surface area is 127 Å². The van der Waals surface area contributed by atoms with Crippen molar-refractivity contribution in [2.75, 3.05) is 19.4 Å². The number of esters is 1. The fraction of sp³-hybridized carbons (Fsp3) is 0.462. The molecular formula is C13H18BrNO4S. The highest BCUT2D eigenvalue weighted by Crippen LogP contribution is 2.16. The zero-order chi connectivity index (χ0) is 15.2. The number of carbonyl (C=O) groups is 1. The first kappa shape index (κ1) is 17.1. The molecule has 0 aliphatic rings. The Kier molecular flexibility index (Phi) is 6.64. The van der Waals surface area contributed by atoms with E-state index in [0.717, 1.165) is 5.56 Å². The molecule has 0 aliphatic heterocycles. The minimum atomic E-state index is -3.45. The molecule has 2 atom stereocenters. The molecule has 0 aliphatic carbocycles. The Morgan fingerprint density at radius 3 is 2.50 bits per heavy atom. The van der Waals surface area contributed by atoms with Crippen molar-refractivity contribution < 1.29 is 17.9 Å². The number of alkyl halides is 1. The van der Waals surface area contributed by atoms with Gasteiger partial charge in [0.2, 0.25) is 10.0 Å². The SMILES string of the molecule is COC(=O)C(Br)CNS(=O)(=O)CC(C)c1ccccc1. The molecule has 112 valence electrons. The summed E-state index contributed by atoms with van der Waals surface area (Å²) in [6.45, 7) is 1.82. The molecule has 0 spiro atoms. The lowest BCUT2D eigenvalue weighted by molar-refractivity contribution is -0.139. The molecule has 5 nitrogen and oxygen atoms in total. The number of ether oxygens (including phenoxy) is 1. The average Bonchev–Trinajstić information content (AvgIpc) is 2.44. The van der Waals surface area contributed by atoms with Gasteiger partial charge in [0.1, 0.15) is 4.83 Å². The number of rotatable bonds is 7. The van der Waals surface area contributed by atoms with E-state index in [4.69, 9.17) is 0 Å². The van der Waals surface area contributed by atoms with Gasteiger partial charge in [-0.1, -0.05) is 53.2 Å². The number of sulfonamides is 1. The number of hydrogen-bond donors (Lipinski definition) is 1. The van der Waals surface area contributed by atoms with Gasteiger partial charge in [0.15, 0.2) is 0 Å². The largest absolute Gasteiger partial charge is 0.468 e. The van der Waals surface area contributed by atoms with Crippen LogP contribution in [0.1, 0.15) is 18.4 Å². The van der Waals surface area contributed by atoms with Crippen LogP contribution in [0.2, 0.25) is 0 Å². The molecule has 0 fully saturated rings. The molecule has 1 rings (SSSR count). The molecule has 2 unspecified atom stereocenters. The molecular weight excluding hydrogens is 346 g/mol. The number of benzene rings is 1. The summed E-state index contributed by atoms with van der Waals surface area (Å²) in [4.78, 5) is 10.5. The smallest absolute Gasteiger partial charge is 0.320 e. The van der Waals surface area contributed by atoms with E-state index in [1.54, 1.807) is 0 Å². The van der Waals surface area contributed by atoms with Crippen LogP contribution >= 0.6 is 15.9 Å². The van der Waals surface area contributed by atoms with Gasteiger partial charge in [-0.15, -0.1) is 0 Å². The standard InChI is InChI=1S/C13H18BrNO4S/c1-10(11-6-4-3-5-7-11)9-20(17,18)15-8-12(14)13(16)19-2/h3-7,10,12,15H,8-9H2,1-2H3. The van der Waals surface area contributed by atoms with E-state index in [2.05, 4.69) is 25.4 Å². The number of nitrogens with one attached hydrogen (secondary N) is 1. The zero-order valence-electron chi connectivity index (χ0n) is 11.4. The zero-order valence-corrected chi connectivity index (χ0v) is 13.8. The first-order valence-corrected chi connectivity index (χ1v) is 8.66. The molecule has 0 radical (unpaired) electrons. The number of carbonyl (C=O) groups excluding carboxylic acids is 1. The molecule has 1 N–H and O–H groups in total. The van der Waals surface area contributed by atoms with E-state index in [1.165, 1.54) is 7.11 Å². The Morgan fingerprint density at radius 1 is 1.35 bits per heavy atom. The third-order valence-corrected chi connectivity index (χ3v) is 5.02. The third-order valence-electron chi connectivity index (χ3n) is 2.78. The van der Waals surface area contributed by atoms with Crippen molar-refractivity contribution in [3.8, 4) is 0 Å². The van der Waals surface area contributed by atoms with Gasteiger partial charge in [0.25, 0.3) is 0 Å². The van der Waals surface area contributed by atoms with Crippen molar-refractivity contribution in [1.82, 2.24) is 4.72 Å². The quantitative estimate of drug-likeness (QED) is 0.590. The van der Waals surface area contributed by atoms with Crippen LogP contribution in [0, 0.1) is 0 Å². The van der Waals surface area contributed by atoms with Gasteiger partial charge in [0, 0.05) is 6.54 Å². The number of hydrogen-bond acceptors (Lipinski definition) is 4. The predicted molar refractivity (Wildman–Crippen MR) is 81.4 cm³/mol. The monoisotopic (exact) mass is 363 g/mol. The van der Waals surface area contributed by atoms with Crippen molar-refractivity contribution >= 4 is 31.9 Å². The van der Waals surface area contributed by atoms with Crippen LogP contribution in [0.25, 0.3) is 0 Å². The number of halogens is 1. The molecule has 7 heteroatoms. The molecule has 0 saturated carbocycles. The second-order valence-corrected chi connectivity index (χ2v) is 7.39. The van der Waals surface area contributed by atoms with Gasteiger partial charge in [0.05, 0.1) is 12.9 Å². The summed E-state index contributed by atoms with van der Waals surface area (Å²) in [6, 6.07) is 9.41. The highest BCUT2D eigenvalue weighted by atomic mass is 79.9. The van der Waals surface area contributed by atoms with E-state index < -0.39 is 20.8 Å². The van der Waals surface area contributed by atoms with E-state index in [9.17, 15) is 13.2 Å². The summed E-state index contributed by atoms with van der Waals surface area (Å²) in [5, 5.41) is 0. The topological polar surface area (TPSA) is 72.5 Å². The number of methoxy groups -OCH3 is 1. The fourth-order valence-electron chi connectivity index (χ4n) is 1.68. The molecule has 1 aromatic rings. The van der Waals surface area contributed by atoms with E-state index in [-0.39, 0.29) is 18.2 Å². The average molecular weight is 364 g/mol. The lowest BCUT2D eigenvalue weighted by Crippen LogP contribution is -2.36. The van der Waals surface area contributed by atoms with Crippen LogP contribution in [0.15, 0.2) is 30.3 Å². The van der Waals surface area contributed by atoms with Crippen LogP contribution in [0.5, 0.6) is 0 Å². The van der Waals surface area contributed by atoms with Gasteiger partial charge in [-0.05, 0) is 11.5 Å². The molecule has 0 bridgehead atoms. The van der Waals surface area contributed by atoms with Crippen molar-refractivity contribution in [3.63, 3.8) is 0 Å². The lowest BCUT2D eigenvalue weighted by atomic mass is 10.0. The van der Waals surface area contributed by atoms with Crippen molar-refractivity contribution in [2.45, 2.75) is 17.7 Å². The van der Waals surface area contributed by atoms with Crippen LogP contribution in [0.4, 0.5) is 0 Å². The summed E-state index contributed by atoms with van der Waals surface area (Å²) < 4.78 is 30.8. The maximum atomic E-state index is 11.9. The highest BCUT2D eigenvalue weighted by molar-refractivity contribution is 9.10. The lowest BCUT2D eigenvalue weighted by Gasteiger charge is -2.14. The Hall–Kier alpha value is -0.920. The third kappa shape index (κ3) is 5.60. The Balaban J connectivity index is 2.56. The maximum Gasteiger partial charge on any atom is 0.320 e. The van der Waals surface area contributed by atoms with E-state index in [0.29, 0.717) is 0 Å². The van der Waals surface area contributed by atoms with Gasteiger partial charge in [-0.25, -0.2) is 13.1 Å². The minimum Gasteiger partial charge on any atom is -0.468 e. The van der Waals surface area contributed by atoms with Crippen molar-refractivity contribution in [2.24, 2.45) is 0 Å². The normalized spacial score (nSPS) is 14.6. The Bertz CT molecular complexity index is 533.